The summed E-state index contributed by atoms with van der Waals surface area (Å²) in [4.78, 5) is 8.80. The van der Waals surface area contributed by atoms with E-state index in [-0.39, 0.29) is 0 Å². The van der Waals surface area contributed by atoms with Crippen LogP contribution in [0, 0.1) is 0 Å². The highest BCUT2D eigenvalue weighted by Gasteiger charge is 2.06. The quantitative estimate of drug-likeness (QED) is 0.636. The summed E-state index contributed by atoms with van der Waals surface area (Å²) >= 11 is 1.71. The van der Waals surface area contributed by atoms with Crippen LogP contribution in [0.15, 0.2) is 33.2 Å². The average Bonchev–Trinajstić information content (AvgIpc) is 3.13. The van der Waals surface area contributed by atoms with Crippen molar-refractivity contribution in [2.45, 2.75) is 32.7 Å². The van der Waals surface area contributed by atoms with Gasteiger partial charge in [0.2, 0.25) is 0 Å². The Bertz CT molecular complexity index is 560. The number of nitrogens with one attached hydrogen (secondary N) is 2. The maximum atomic E-state index is 5.29. The Labute approximate surface area is 129 Å². The van der Waals surface area contributed by atoms with E-state index in [4.69, 9.17) is 4.42 Å². The fourth-order valence-corrected chi connectivity index (χ4v) is 2.66. The van der Waals surface area contributed by atoms with Crippen molar-refractivity contribution >= 4 is 17.3 Å². The number of guanidine groups is 1. The predicted octanol–water partition coefficient (Wildman–Crippen LogP) is 2.77. The highest BCUT2D eigenvalue weighted by molar-refractivity contribution is 7.09. The van der Waals surface area contributed by atoms with Gasteiger partial charge in [-0.15, -0.1) is 11.3 Å². The Hall–Kier alpha value is -1.82. The molecule has 0 aliphatic heterocycles. The largest absolute Gasteiger partial charge is 0.469 e. The van der Waals surface area contributed by atoms with E-state index in [1.54, 1.807) is 24.6 Å². The molecule has 2 rings (SSSR count). The molecule has 0 aliphatic carbocycles. The molecule has 2 aromatic rings. The van der Waals surface area contributed by atoms with Crippen LogP contribution < -0.4 is 10.6 Å². The van der Waals surface area contributed by atoms with Crippen LogP contribution in [0.25, 0.3) is 0 Å². The molecule has 0 unspecified atom stereocenters. The summed E-state index contributed by atoms with van der Waals surface area (Å²) in [6.45, 7) is 5.78. The Morgan fingerprint density at radius 2 is 2.29 bits per heavy atom. The number of thiazole rings is 1. The molecule has 5 nitrogen and oxygen atoms in total. The SMILES string of the molecule is CN=C(NCCc1ccco1)NCc1csc(C(C)C)n1. The van der Waals surface area contributed by atoms with E-state index >= 15 is 0 Å². The molecule has 0 aliphatic rings. The average molecular weight is 306 g/mol. The van der Waals surface area contributed by atoms with Gasteiger partial charge in [0.25, 0.3) is 0 Å². The predicted molar refractivity (Wildman–Crippen MR) is 86.8 cm³/mol. The van der Waals surface area contributed by atoms with Crippen molar-refractivity contribution in [2.24, 2.45) is 4.99 Å². The van der Waals surface area contributed by atoms with Gasteiger partial charge in [0, 0.05) is 31.3 Å². The molecule has 2 aromatic heterocycles. The summed E-state index contributed by atoms with van der Waals surface area (Å²) in [5.74, 6) is 2.23. The molecule has 0 atom stereocenters. The Morgan fingerprint density at radius 3 is 2.90 bits per heavy atom. The summed E-state index contributed by atoms with van der Waals surface area (Å²) in [6.07, 6.45) is 2.53. The second-order valence-electron chi connectivity index (χ2n) is 5.01. The van der Waals surface area contributed by atoms with Gasteiger partial charge < -0.3 is 15.1 Å². The van der Waals surface area contributed by atoms with Crippen LogP contribution in [0.3, 0.4) is 0 Å². The van der Waals surface area contributed by atoms with E-state index in [1.807, 2.05) is 12.1 Å². The summed E-state index contributed by atoms with van der Waals surface area (Å²) in [5, 5.41) is 9.80. The molecule has 0 aromatic carbocycles. The van der Waals surface area contributed by atoms with Gasteiger partial charge in [-0.2, -0.15) is 0 Å². The van der Waals surface area contributed by atoms with Crippen LogP contribution >= 0.6 is 11.3 Å². The van der Waals surface area contributed by atoms with Crippen molar-refractivity contribution < 1.29 is 4.42 Å². The topological polar surface area (TPSA) is 62.5 Å². The number of furan rings is 1. The van der Waals surface area contributed by atoms with E-state index in [0.717, 1.165) is 30.4 Å². The van der Waals surface area contributed by atoms with Crippen LogP contribution in [-0.2, 0) is 13.0 Å². The third-order valence-electron chi connectivity index (χ3n) is 2.97. The molecule has 21 heavy (non-hydrogen) atoms. The maximum absolute atomic E-state index is 5.29. The Morgan fingerprint density at radius 1 is 1.43 bits per heavy atom. The van der Waals surface area contributed by atoms with Crippen LogP contribution in [0.1, 0.15) is 36.2 Å². The molecule has 0 saturated carbocycles. The Kier molecular flexibility index (Phi) is 5.80. The molecule has 0 radical (unpaired) electrons. The molecule has 0 amide bonds. The number of rotatable bonds is 6. The molecular weight excluding hydrogens is 284 g/mol. The van der Waals surface area contributed by atoms with E-state index in [0.29, 0.717) is 12.5 Å². The van der Waals surface area contributed by atoms with Crippen LogP contribution in [-0.4, -0.2) is 24.5 Å². The van der Waals surface area contributed by atoms with E-state index < -0.39 is 0 Å². The zero-order chi connectivity index (χ0) is 15.1. The first kappa shape index (κ1) is 15.6. The molecule has 0 fully saturated rings. The first-order chi connectivity index (χ1) is 10.2. The minimum Gasteiger partial charge on any atom is -0.469 e. The van der Waals surface area contributed by atoms with Crippen LogP contribution in [0.5, 0.6) is 0 Å². The third-order valence-corrected chi connectivity index (χ3v) is 4.16. The minimum absolute atomic E-state index is 0.481. The number of aromatic nitrogens is 1. The smallest absolute Gasteiger partial charge is 0.191 e. The summed E-state index contributed by atoms with van der Waals surface area (Å²) < 4.78 is 5.29. The van der Waals surface area contributed by atoms with Gasteiger partial charge in [0.05, 0.1) is 23.5 Å². The molecule has 114 valence electrons. The summed E-state index contributed by atoms with van der Waals surface area (Å²) in [5.41, 5.74) is 1.05. The second kappa shape index (κ2) is 7.83. The summed E-state index contributed by atoms with van der Waals surface area (Å²) in [7, 11) is 1.77. The van der Waals surface area contributed by atoms with Gasteiger partial charge in [0.15, 0.2) is 5.96 Å². The zero-order valence-electron chi connectivity index (χ0n) is 12.7. The lowest BCUT2D eigenvalue weighted by molar-refractivity contribution is 0.507. The minimum atomic E-state index is 0.481. The normalized spacial score (nSPS) is 11.9. The molecule has 0 saturated heterocycles. The molecule has 0 spiro atoms. The van der Waals surface area contributed by atoms with Gasteiger partial charge in [-0.3, -0.25) is 4.99 Å². The number of hydrogen-bond acceptors (Lipinski definition) is 4. The Balaban J connectivity index is 1.74. The third kappa shape index (κ3) is 4.90. The van der Waals surface area contributed by atoms with Crippen molar-refractivity contribution in [2.75, 3.05) is 13.6 Å². The van der Waals surface area contributed by atoms with Crippen molar-refractivity contribution in [3.63, 3.8) is 0 Å². The van der Waals surface area contributed by atoms with Gasteiger partial charge in [-0.25, -0.2) is 4.98 Å². The van der Waals surface area contributed by atoms with Crippen molar-refractivity contribution in [1.82, 2.24) is 15.6 Å². The van der Waals surface area contributed by atoms with Crippen molar-refractivity contribution in [1.29, 1.82) is 0 Å². The van der Waals surface area contributed by atoms with E-state index in [9.17, 15) is 0 Å². The van der Waals surface area contributed by atoms with Crippen molar-refractivity contribution in [3.05, 3.63) is 40.2 Å². The molecule has 2 N–H and O–H groups in total. The lowest BCUT2D eigenvalue weighted by atomic mass is 10.2. The number of hydrogen-bond donors (Lipinski definition) is 2. The molecule has 2 heterocycles. The molecule has 0 bridgehead atoms. The van der Waals surface area contributed by atoms with Gasteiger partial charge in [-0.05, 0) is 12.1 Å². The van der Waals surface area contributed by atoms with E-state index in [1.165, 1.54) is 5.01 Å². The number of aliphatic imine (C=N–C) groups is 1. The molecular formula is C15H22N4OS. The van der Waals surface area contributed by atoms with Gasteiger partial charge in [0.1, 0.15) is 5.76 Å². The first-order valence-electron chi connectivity index (χ1n) is 7.10. The fourth-order valence-electron chi connectivity index (χ4n) is 1.82. The van der Waals surface area contributed by atoms with Crippen molar-refractivity contribution in [3.8, 4) is 0 Å². The highest BCUT2D eigenvalue weighted by Crippen LogP contribution is 2.18. The van der Waals surface area contributed by atoms with E-state index in [2.05, 4.69) is 39.8 Å². The highest BCUT2D eigenvalue weighted by atomic mass is 32.1. The first-order valence-corrected chi connectivity index (χ1v) is 7.98. The monoisotopic (exact) mass is 306 g/mol. The number of nitrogens with zero attached hydrogens (tertiary/aromatic N) is 2. The summed E-state index contributed by atoms with van der Waals surface area (Å²) in [6, 6.07) is 3.87. The van der Waals surface area contributed by atoms with Crippen LogP contribution in [0.4, 0.5) is 0 Å². The molecule has 6 heteroatoms. The lowest BCUT2D eigenvalue weighted by Crippen LogP contribution is -2.37. The fraction of sp³-hybridized carbons (Fsp3) is 0.467. The maximum Gasteiger partial charge on any atom is 0.191 e. The lowest BCUT2D eigenvalue weighted by Gasteiger charge is -2.10. The van der Waals surface area contributed by atoms with Gasteiger partial charge >= 0.3 is 0 Å². The second-order valence-corrected chi connectivity index (χ2v) is 5.90. The van der Waals surface area contributed by atoms with Gasteiger partial charge in [-0.1, -0.05) is 13.8 Å². The standard InChI is InChI=1S/C15H22N4OS/c1-11(2)14-19-12(10-21-14)9-18-15(16-3)17-7-6-13-5-4-8-20-13/h4-5,8,10-11H,6-7,9H2,1-3H3,(H2,16,17,18). The van der Waals surface area contributed by atoms with Crippen LogP contribution in [0.2, 0.25) is 0 Å². The zero-order valence-corrected chi connectivity index (χ0v) is 13.5.